The van der Waals surface area contributed by atoms with E-state index in [0.717, 1.165) is 18.7 Å². The van der Waals surface area contributed by atoms with Gasteiger partial charge in [-0.15, -0.1) is 6.58 Å². The van der Waals surface area contributed by atoms with Crippen LogP contribution >= 0.6 is 0 Å². The summed E-state index contributed by atoms with van der Waals surface area (Å²) in [5, 5.41) is 9.68. The molecule has 0 bridgehead atoms. The fourth-order valence-electron chi connectivity index (χ4n) is 1.51. The molecule has 1 aromatic rings. The maximum atomic E-state index is 9.68. The van der Waals surface area contributed by atoms with Gasteiger partial charge in [-0.05, 0) is 18.6 Å². The van der Waals surface area contributed by atoms with E-state index in [9.17, 15) is 5.11 Å². The molecule has 0 saturated heterocycles. The standard InChI is InChI=1S/C13H14N2O/c1-2-3-8-14-9-10-15(11-14)12-6-4-5-7-13(12)16/h2,4-7,9-10,16H,1,3,8H2. The molecule has 1 aliphatic rings. The molecule has 1 N–H and O–H groups in total. The highest BCUT2D eigenvalue weighted by Crippen LogP contribution is 2.30. The highest BCUT2D eigenvalue weighted by atomic mass is 16.3. The Morgan fingerprint density at radius 2 is 2.12 bits per heavy atom. The van der Waals surface area contributed by atoms with Crippen molar-refractivity contribution in [3.05, 3.63) is 56.0 Å². The summed E-state index contributed by atoms with van der Waals surface area (Å²) in [5.41, 5.74) is 0.736. The molecule has 3 heteroatoms. The Balaban J connectivity index is 2.02. The number of rotatable bonds is 4. The van der Waals surface area contributed by atoms with Crippen molar-refractivity contribution in [2.75, 3.05) is 11.4 Å². The van der Waals surface area contributed by atoms with Gasteiger partial charge in [-0.25, -0.2) is 0 Å². The molecule has 1 aliphatic heterocycles. The monoisotopic (exact) mass is 214 g/mol. The molecule has 82 valence electrons. The lowest BCUT2D eigenvalue weighted by molar-refractivity contribution is 0.464. The summed E-state index contributed by atoms with van der Waals surface area (Å²) in [6, 6.07) is 7.20. The molecule has 0 amide bonds. The summed E-state index contributed by atoms with van der Waals surface area (Å²) < 4.78 is 0. The number of para-hydroxylation sites is 2. The first-order valence-electron chi connectivity index (χ1n) is 5.20. The molecule has 0 spiro atoms. The number of anilines is 1. The van der Waals surface area contributed by atoms with Crippen LogP contribution in [0.15, 0.2) is 49.3 Å². The van der Waals surface area contributed by atoms with E-state index in [0.29, 0.717) is 0 Å². The average Bonchev–Trinajstić information content (AvgIpc) is 2.75. The Kier molecular flexibility index (Phi) is 3.15. The number of hydrogen-bond acceptors (Lipinski definition) is 3. The summed E-state index contributed by atoms with van der Waals surface area (Å²) in [4.78, 5) is 3.71. The van der Waals surface area contributed by atoms with E-state index in [1.807, 2.05) is 35.5 Å². The minimum atomic E-state index is 0.255. The maximum absolute atomic E-state index is 9.68. The third kappa shape index (κ3) is 2.19. The number of phenolic OH excluding ortho intramolecular Hbond substituents is 1. The van der Waals surface area contributed by atoms with Crippen molar-refractivity contribution in [3.8, 4) is 5.75 Å². The third-order valence-corrected chi connectivity index (χ3v) is 2.35. The number of nitrogens with zero attached hydrogens (tertiary/aromatic N) is 2. The van der Waals surface area contributed by atoms with Crippen LogP contribution in [0.1, 0.15) is 6.42 Å². The highest BCUT2D eigenvalue weighted by Gasteiger charge is 2.17. The van der Waals surface area contributed by atoms with Crippen LogP contribution in [-0.2, 0) is 0 Å². The first-order valence-corrected chi connectivity index (χ1v) is 5.20. The van der Waals surface area contributed by atoms with Crippen LogP contribution in [0.25, 0.3) is 0 Å². The minimum Gasteiger partial charge on any atom is -0.506 e. The lowest BCUT2D eigenvalue weighted by atomic mass is 10.3. The van der Waals surface area contributed by atoms with Crippen molar-refractivity contribution in [2.45, 2.75) is 6.42 Å². The first-order chi connectivity index (χ1) is 7.81. The van der Waals surface area contributed by atoms with Crippen LogP contribution in [0, 0.1) is 6.67 Å². The van der Waals surface area contributed by atoms with Crippen LogP contribution in [0.4, 0.5) is 5.69 Å². The molecule has 2 rings (SSSR count). The second kappa shape index (κ2) is 4.75. The van der Waals surface area contributed by atoms with Gasteiger partial charge in [0.05, 0.1) is 5.69 Å². The van der Waals surface area contributed by atoms with Crippen LogP contribution in [0.5, 0.6) is 5.75 Å². The normalized spacial score (nSPS) is 14.5. The molecule has 1 aromatic carbocycles. The number of benzene rings is 1. The molecular weight excluding hydrogens is 200 g/mol. The van der Waals surface area contributed by atoms with Gasteiger partial charge < -0.3 is 14.9 Å². The summed E-state index contributed by atoms with van der Waals surface area (Å²) in [6.07, 6.45) is 6.58. The highest BCUT2D eigenvalue weighted by molar-refractivity contribution is 5.61. The predicted molar refractivity (Wildman–Crippen MR) is 64.5 cm³/mol. The SMILES string of the molecule is C=CCCN1[C]N(c2ccccc2O)C=C1. The average molecular weight is 214 g/mol. The van der Waals surface area contributed by atoms with Crippen LogP contribution < -0.4 is 4.90 Å². The fourth-order valence-corrected chi connectivity index (χ4v) is 1.51. The van der Waals surface area contributed by atoms with E-state index in [-0.39, 0.29) is 5.75 Å². The molecule has 1 heterocycles. The lowest BCUT2D eigenvalue weighted by Crippen LogP contribution is -2.19. The van der Waals surface area contributed by atoms with E-state index < -0.39 is 0 Å². The Morgan fingerprint density at radius 1 is 1.31 bits per heavy atom. The minimum absolute atomic E-state index is 0.255. The van der Waals surface area contributed by atoms with Crippen molar-refractivity contribution < 1.29 is 5.11 Å². The maximum Gasteiger partial charge on any atom is 0.212 e. The predicted octanol–water partition coefficient (Wildman–Crippen LogP) is 2.56. The van der Waals surface area contributed by atoms with Gasteiger partial charge in [-0.3, -0.25) is 0 Å². The Hall–Kier alpha value is -1.90. The van der Waals surface area contributed by atoms with Gasteiger partial charge in [-0.1, -0.05) is 18.2 Å². The quantitative estimate of drug-likeness (QED) is 0.780. The van der Waals surface area contributed by atoms with Gasteiger partial charge in [0.25, 0.3) is 0 Å². The van der Waals surface area contributed by atoms with E-state index in [2.05, 4.69) is 13.2 Å². The van der Waals surface area contributed by atoms with Crippen LogP contribution in [-0.4, -0.2) is 16.6 Å². The summed E-state index contributed by atoms with van der Waals surface area (Å²) in [7, 11) is 0. The number of phenols is 1. The van der Waals surface area contributed by atoms with Crippen molar-refractivity contribution in [1.82, 2.24) is 4.90 Å². The van der Waals surface area contributed by atoms with Crippen molar-refractivity contribution in [1.29, 1.82) is 0 Å². The molecule has 0 unspecified atom stereocenters. The van der Waals surface area contributed by atoms with E-state index in [1.165, 1.54) is 0 Å². The zero-order valence-corrected chi connectivity index (χ0v) is 9.00. The fraction of sp³-hybridized carbons (Fsp3) is 0.154. The van der Waals surface area contributed by atoms with Gasteiger partial charge in [-0.2, -0.15) is 0 Å². The molecule has 16 heavy (non-hydrogen) atoms. The molecule has 0 saturated carbocycles. The van der Waals surface area contributed by atoms with Crippen LogP contribution in [0.3, 0.4) is 0 Å². The van der Waals surface area contributed by atoms with Gasteiger partial charge in [0.1, 0.15) is 5.75 Å². The topological polar surface area (TPSA) is 26.7 Å². The Bertz CT molecular complexity index is 401. The Labute approximate surface area is 95.9 Å². The summed E-state index contributed by atoms with van der Waals surface area (Å²) in [6.45, 7) is 7.66. The van der Waals surface area contributed by atoms with Gasteiger partial charge >= 0.3 is 0 Å². The number of hydrogen-bond donors (Lipinski definition) is 1. The molecule has 3 nitrogen and oxygen atoms in total. The molecule has 0 aromatic heterocycles. The van der Waals surface area contributed by atoms with Gasteiger partial charge in [0, 0.05) is 18.9 Å². The van der Waals surface area contributed by atoms with Crippen molar-refractivity contribution in [2.24, 2.45) is 0 Å². The van der Waals surface area contributed by atoms with Gasteiger partial charge in [0.15, 0.2) is 0 Å². The summed E-state index contributed by atoms with van der Waals surface area (Å²) >= 11 is 0. The van der Waals surface area contributed by atoms with E-state index >= 15 is 0 Å². The second-order valence-corrected chi connectivity index (χ2v) is 3.53. The van der Waals surface area contributed by atoms with E-state index in [4.69, 9.17) is 0 Å². The second-order valence-electron chi connectivity index (χ2n) is 3.53. The van der Waals surface area contributed by atoms with Crippen molar-refractivity contribution >= 4 is 5.69 Å². The third-order valence-electron chi connectivity index (χ3n) is 2.35. The Morgan fingerprint density at radius 3 is 2.88 bits per heavy atom. The molecular formula is C13H14N2O. The molecule has 0 fully saturated rings. The molecule has 0 atom stereocenters. The summed E-state index contributed by atoms with van der Waals surface area (Å²) in [5.74, 6) is 0.255. The van der Waals surface area contributed by atoms with Crippen molar-refractivity contribution in [3.63, 3.8) is 0 Å². The zero-order chi connectivity index (χ0) is 11.4. The van der Waals surface area contributed by atoms with Gasteiger partial charge in [0.2, 0.25) is 6.67 Å². The first kappa shape index (κ1) is 10.6. The lowest BCUT2D eigenvalue weighted by Gasteiger charge is -2.19. The van der Waals surface area contributed by atoms with E-state index in [1.54, 1.807) is 17.0 Å². The number of aromatic hydroxyl groups is 1. The largest absolute Gasteiger partial charge is 0.506 e. The van der Waals surface area contributed by atoms with Crippen LogP contribution in [0.2, 0.25) is 0 Å². The molecule has 2 radical (unpaired) electrons. The molecule has 0 aliphatic carbocycles. The smallest absolute Gasteiger partial charge is 0.212 e. The zero-order valence-electron chi connectivity index (χ0n) is 9.00.